The van der Waals surface area contributed by atoms with E-state index in [0.29, 0.717) is 23.5 Å². The van der Waals surface area contributed by atoms with Gasteiger partial charge in [0, 0.05) is 13.2 Å². The van der Waals surface area contributed by atoms with E-state index in [9.17, 15) is 0 Å². The van der Waals surface area contributed by atoms with Crippen molar-refractivity contribution in [3.63, 3.8) is 0 Å². The van der Waals surface area contributed by atoms with Gasteiger partial charge in [-0.15, -0.1) is 0 Å². The quantitative estimate of drug-likeness (QED) is 0.386. The van der Waals surface area contributed by atoms with Crippen LogP contribution in [-0.4, -0.2) is 33.7 Å². The van der Waals surface area contributed by atoms with Crippen molar-refractivity contribution in [2.75, 3.05) is 13.2 Å². The van der Waals surface area contributed by atoms with Gasteiger partial charge in [-0.1, -0.05) is 23.2 Å². The molecule has 0 aliphatic carbocycles. The minimum atomic E-state index is -0.730. The summed E-state index contributed by atoms with van der Waals surface area (Å²) in [4.78, 5) is -0.603. The van der Waals surface area contributed by atoms with Crippen molar-refractivity contribution in [2.24, 2.45) is 0 Å². The highest BCUT2D eigenvalue weighted by Crippen LogP contribution is 2.22. The number of hydrogen-bond donors (Lipinski definition) is 0. The van der Waals surface area contributed by atoms with Gasteiger partial charge >= 0.3 is 0 Å². The minimum absolute atomic E-state index is 0.569. The van der Waals surface area contributed by atoms with E-state index in [1.165, 1.54) is 0 Å². The van der Waals surface area contributed by atoms with Gasteiger partial charge in [0.25, 0.3) is 0 Å². The molecular weight excluding hydrogens is 203 g/mol. The van der Waals surface area contributed by atoms with Crippen molar-refractivity contribution in [3.8, 4) is 0 Å². The Morgan fingerprint density at radius 1 is 1.27 bits per heavy atom. The third-order valence-electron chi connectivity index (χ3n) is 1.26. The van der Waals surface area contributed by atoms with E-state index in [1.807, 2.05) is 13.8 Å². The van der Waals surface area contributed by atoms with Crippen molar-refractivity contribution in [1.82, 2.24) is 0 Å². The predicted octanol–water partition coefficient (Wildman–Crippen LogP) is 0.882. The first-order chi connectivity index (χ1) is 5.06. The Labute approximate surface area is 80.6 Å². The lowest BCUT2D eigenvalue weighted by Gasteiger charge is -2.30. The summed E-state index contributed by atoms with van der Waals surface area (Å²) in [5, 5.41) is 0. The van der Waals surface area contributed by atoms with Crippen LogP contribution in [0.2, 0.25) is 0 Å². The maximum Gasteiger partial charge on any atom is 0.170 e. The molecule has 68 valence electrons. The first-order valence-corrected chi connectivity index (χ1v) is 5.50. The molecule has 0 aromatic rings. The van der Waals surface area contributed by atoms with E-state index in [0.717, 1.165) is 0 Å². The Morgan fingerprint density at radius 3 is 1.82 bits per heavy atom. The lowest BCUT2D eigenvalue weighted by Crippen LogP contribution is -2.43. The SMILES string of the molecule is CCOC([SiH3])(OCC)C(Cl)Cl. The third kappa shape index (κ3) is 3.76. The minimum Gasteiger partial charge on any atom is -0.352 e. The zero-order chi connectivity index (χ0) is 8.91. The number of rotatable bonds is 5. The maximum absolute atomic E-state index is 5.69. The van der Waals surface area contributed by atoms with Crippen LogP contribution in [0.5, 0.6) is 0 Å². The number of hydrogen-bond acceptors (Lipinski definition) is 2. The molecule has 0 aromatic heterocycles. The fourth-order valence-corrected chi connectivity index (χ4v) is 1.57. The molecule has 0 aromatic carbocycles. The molecule has 11 heavy (non-hydrogen) atoms. The zero-order valence-electron chi connectivity index (χ0n) is 7.06. The van der Waals surface area contributed by atoms with Crippen molar-refractivity contribution < 1.29 is 9.47 Å². The first-order valence-electron chi connectivity index (χ1n) is 3.62. The van der Waals surface area contributed by atoms with Crippen molar-refractivity contribution >= 4 is 33.4 Å². The topological polar surface area (TPSA) is 18.5 Å². The van der Waals surface area contributed by atoms with Crippen LogP contribution in [0.1, 0.15) is 13.8 Å². The molecule has 0 amide bonds. The summed E-state index contributed by atoms with van der Waals surface area (Å²) in [6.45, 7) is 4.92. The van der Waals surface area contributed by atoms with Gasteiger partial charge < -0.3 is 9.47 Å². The molecule has 0 bridgehead atoms. The fourth-order valence-electron chi connectivity index (χ4n) is 0.741. The molecule has 5 heteroatoms. The molecule has 0 unspecified atom stereocenters. The Kier molecular flexibility index (Phi) is 5.73. The van der Waals surface area contributed by atoms with E-state index < -0.39 is 10.2 Å². The van der Waals surface area contributed by atoms with Crippen LogP contribution < -0.4 is 0 Å². The standard InChI is InChI=1S/C6H14Cl2O2Si/c1-3-9-6(11,5(7)8)10-4-2/h5H,3-4H2,1-2,11H3. The molecule has 0 radical (unpaired) electrons. The summed E-state index contributed by atoms with van der Waals surface area (Å²) in [5.74, 6) is 0. The molecule has 0 heterocycles. The van der Waals surface area contributed by atoms with Gasteiger partial charge in [-0.2, -0.15) is 0 Å². The monoisotopic (exact) mass is 216 g/mol. The normalized spacial score (nSPS) is 12.8. The molecule has 0 saturated heterocycles. The Balaban J connectivity index is 4.01. The smallest absolute Gasteiger partial charge is 0.170 e. The molecule has 0 fully saturated rings. The van der Waals surface area contributed by atoms with Crippen LogP contribution in [0.4, 0.5) is 0 Å². The third-order valence-corrected chi connectivity index (χ3v) is 3.94. The first kappa shape index (κ1) is 11.7. The molecule has 2 nitrogen and oxygen atoms in total. The molecule has 0 N–H and O–H groups in total. The van der Waals surface area contributed by atoms with E-state index in [-0.39, 0.29) is 0 Å². The summed E-state index contributed by atoms with van der Waals surface area (Å²) in [5.41, 5.74) is -0.730. The van der Waals surface area contributed by atoms with Gasteiger partial charge in [0.2, 0.25) is 0 Å². The van der Waals surface area contributed by atoms with Gasteiger partial charge in [0.1, 0.15) is 0 Å². The van der Waals surface area contributed by atoms with E-state index in [4.69, 9.17) is 32.7 Å². The number of ether oxygens (including phenoxy) is 2. The fraction of sp³-hybridized carbons (Fsp3) is 1.00. The average Bonchev–Trinajstić information content (AvgIpc) is 1.88. The van der Waals surface area contributed by atoms with Crippen molar-refractivity contribution in [2.45, 2.75) is 24.1 Å². The van der Waals surface area contributed by atoms with Crippen LogP contribution in [0.3, 0.4) is 0 Å². The molecule has 0 rings (SSSR count). The molecule has 0 aliphatic rings. The van der Waals surface area contributed by atoms with E-state index in [1.54, 1.807) is 0 Å². The predicted molar refractivity (Wildman–Crippen MR) is 51.4 cm³/mol. The molecule has 0 atom stereocenters. The largest absolute Gasteiger partial charge is 0.352 e. The highest BCUT2D eigenvalue weighted by Gasteiger charge is 2.32. The number of alkyl halides is 2. The molecule has 0 spiro atoms. The molecule has 0 saturated carbocycles. The lowest BCUT2D eigenvalue weighted by atomic mass is 10.6. The summed E-state index contributed by atoms with van der Waals surface area (Å²) in [6.07, 6.45) is 0. The van der Waals surface area contributed by atoms with E-state index >= 15 is 0 Å². The summed E-state index contributed by atoms with van der Waals surface area (Å²) >= 11 is 11.4. The van der Waals surface area contributed by atoms with Crippen LogP contribution in [0.25, 0.3) is 0 Å². The maximum atomic E-state index is 5.69. The second-order valence-electron chi connectivity index (χ2n) is 2.18. The highest BCUT2D eigenvalue weighted by molar-refractivity contribution is 6.47. The van der Waals surface area contributed by atoms with Gasteiger partial charge in [-0.25, -0.2) is 0 Å². The van der Waals surface area contributed by atoms with E-state index in [2.05, 4.69) is 0 Å². The Hall–Kier alpha value is 0.717. The lowest BCUT2D eigenvalue weighted by molar-refractivity contribution is -0.163. The Morgan fingerprint density at radius 2 is 1.64 bits per heavy atom. The second kappa shape index (κ2) is 5.38. The average molecular weight is 217 g/mol. The highest BCUT2D eigenvalue weighted by atomic mass is 35.5. The Bertz CT molecular complexity index is 105. The number of halogens is 2. The second-order valence-corrected chi connectivity index (χ2v) is 4.67. The van der Waals surface area contributed by atoms with Gasteiger partial charge in [-0.05, 0) is 13.8 Å². The van der Waals surface area contributed by atoms with Crippen molar-refractivity contribution in [1.29, 1.82) is 0 Å². The zero-order valence-corrected chi connectivity index (χ0v) is 10.6. The van der Waals surface area contributed by atoms with Gasteiger partial charge in [0.05, 0.1) is 10.2 Å². The summed E-state index contributed by atoms with van der Waals surface area (Å²) in [7, 11) is 0.664. The van der Waals surface area contributed by atoms with Gasteiger partial charge in [0.15, 0.2) is 10.2 Å². The van der Waals surface area contributed by atoms with Crippen molar-refractivity contribution in [3.05, 3.63) is 0 Å². The van der Waals surface area contributed by atoms with Crippen LogP contribution >= 0.6 is 23.2 Å². The van der Waals surface area contributed by atoms with Crippen LogP contribution in [-0.2, 0) is 9.47 Å². The molecular formula is C6H14Cl2O2Si. The van der Waals surface area contributed by atoms with Crippen LogP contribution in [0, 0.1) is 0 Å². The van der Waals surface area contributed by atoms with Crippen LogP contribution in [0.15, 0.2) is 0 Å². The summed E-state index contributed by atoms with van der Waals surface area (Å²) in [6, 6.07) is 0. The summed E-state index contributed by atoms with van der Waals surface area (Å²) < 4.78 is 10.6. The van der Waals surface area contributed by atoms with Gasteiger partial charge in [-0.3, -0.25) is 0 Å². The molecule has 0 aliphatic heterocycles.